The minimum absolute atomic E-state index is 0.246. The first-order valence-corrected chi connectivity index (χ1v) is 12.9. The topological polar surface area (TPSA) is 65.4 Å². The van der Waals surface area contributed by atoms with Gasteiger partial charge >= 0.3 is 0 Å². The summed E-state index contributed by atoms with van der Waals surface area (Å²) in [5.74, 6) is 1.39. The van der Waals surface area contributed by atoms with Crippen molar-refractivity contribution in [1.82, 2.24) is 9.80 Å². The van der Waals surface area contributed by atoms with Crippen molar-refractivity contribution in [2.75, 3.05) is 39.4 Å². The smallest absolute Gasteiger partial charge is 0.119 e. The van der Waals surface area contributed by atoms with Crippen molar-refractivity contribution in [3.05, 3.63) is 95.1 Å². The lowest BCUT2D eigenvalue weighted by atomic mass is 10.00. The third-order valence-corrected chi connectivity index (χ3v) is 7.07. The van der Waals surface area contributed by atoms with Crippen molar-refractivity contribution in [2.45, 2.75) is 38.1 Å². The Hall–Kier alpha value is -2.90. The fraction of sp³-hybridized carbons (Fsp3) is 0.400. The maximum atomic E-state index is 10.5. The molecule has 0 radical (unpaired) electrons. The van der Waals surface area contributed by atoms with Gasteiger partial charge in [-0.1, -0.05) is 48.5 Å². The van der Waals surface area contributed by atoms with E-state index in [9.17, 15) is 10.2 Å². The van der Waals surface area contributed by atoms with Crippen LogP contribution in [0.4, 0.5) is 0 Å². The summed E-state index contributed by atoms with van der Waals surface area (Å²) in [4.78, 5) is 4.56. The maximum Gasteiger partial charge on any atom is 0.119 e. The van der Waals surface area contributed by atoms with Gasteiger partial charge in [-0.2, -0.15) is 0 Å². The highest BCUT2D eigenvalue weighted by molar-refractivity contribution is 5.32. The van der Waals surface area contributed by atoms with Gasteiger partial charge in [0, 0.05) is 39.3 Å². The van der Waals surface area contributed by atoms with Crippen LogP contribution in [0.3, 0.4) is 0 Å². The fourth-order valence-electron chi connectivity index (χ4n) is 5.14. The van der Waals surface area contributed by atoms with E-state index in [1.54, 1.807) is 0 Å². The number of benzene rings is 3. The maximum absolute atomic E-state index is 10.5. The monoisotopic (exact) mass is 488 g/mol. The molecule has 2 aliphatic rings. The number of aliphatic hydroxyl groups is 2. The molecule has 0 saturated carbocycles. The van der Waals surface area contributed by atoms with Crippen LogP contribution in [0.1, 0.15) is 22.3 Å². The number of β-amino-alcohol motifs (C(OH)–C–C–N with tert-alkyl or cyclic N) is 2. The van der Waals surface area contributed by atoms with Gasteiger partial charge in [0.25, 0.3) is 0 Å². The quantitative estimate of drug-likeness (QED) is 0.457. The molecule has 0 spiro atoms. The van der Waals surface area contributed by atoms with Gasteiger partial charge in [-0.15, -0.1) is 0 Å². The Bertz CT molecular complexity index is 1030. The van der Waals surface area contributed by atoms with Gasteiger partial charge in [0.2, 0.25) is 0 Å². The molecule has 2 N–H and O–H groups in total. The summed E-state index contributed by atoms with van der Waals surface area (Å²) in [6.45, 7) is 5.33. The van der Waals surface area contributed by atoms with E-state index in [4.69, 9.17) is 9.47 Å². The molecule has 6 nitrogen and oxygen atoms in total. The van der Waals surface area contributed by atoms with Crippen LogP contribution in [0.5, 0.6) is 11.5 Å². The highest BCUT2D eigenvalue weighted by Crippen LogP contribution is 2.21. The molecule has 0 amide bonds. The number of ether oxygens (including phenoxy) is 2. The zero-order valence-electron chi connectivity index (χ0n) is 20.8. The minimum atomic E-state index is -0.553. The molecule has 190 valence electrons. The molecular formula is C30H36N2O4. The molecule has 36 heavy (non-hydrogen) atoms. The highest BCUT2D eigenvalue weighted by atomic mass is 16.5. The molecule has 2 unspecified atom stereocenters. The van der Waals surface area contributed by atoms with Crippen LogP contribution in [0, 0.1) is 0 Å². The lowest BCUT2D eigenvalue weighted by Gasteiger charge is -2.30. The Morgan fingerprint density at radius 3 is 1.39 bits per heavy atom. The van der Waals surface area contributed by atoms with Crippen molar-refractivity contribution in [2.24, 2.45) is 0 Å². The van der Waals surface area contributed by atoms with Gasteiger partial charge in [-0.05, 0) is 59.4 Å². The number of hydrogen-bond acceptors (Lipinski definition) is 6. The van der Waals surface area contributed by atoms with Gasteiger partial charge in [0.1, 0.15) is 36.9 Å². The summed E-state index contributed by atoms with van der Waals surface area (Å²) in [5.41, 5.74) is 5.51. The van der Waals surface area contributed by atoms with Crippen LogP contribution in [-0.2, 0) is 25.9 Å². The summed E-state index contributed by atoms with van der Waals surface area (Å²) in [6.07, 6.45) is 0.934. The van der Waals surface area contributed by atoms with Crippen molar-refractivity contribution in [3.8, 4) is 11.5 Å². The van der Waals surface area contributed by atoms with Crippen LogP contribution in [0.2, 0.25) is 0 Å². The van der Waals surface area contributed by atoms with E-state index in [2.05, 4.69) is 58.3 Å². The summed E-state index contributed by atoms with van der Waals surface area (Å²) >= 11 is 0. The normalized spacial score (nSPS) is 17.6. The average Bonchev–Trinajstić information content (AvgIpc) is 2.91. The number of hydrogen-bond donors (Lipinski definition) is 2. The standard InChI is InChI=1S/C30H36N2O4/c33-27(19-31-15-13-23-5-1-3-7-25(23)17-31)21-35-29-9-11-30(12-10-29)36-22-28(34)20-32-16-14-24-6-2-4-8-26(24)18-32/h1-12,27-28,33-34H,13-22H2. The van der Waals surface area contributed by atoms with E-state index in [1.807, 2.05) is 24.3 Å². The van der Waals surface area contributed by atoms with Crippen molar-refractivity contribution < 1.29 is 19.7 Å². The molecular weight excluding hydrogens is 452 g/mol. The second-order valence-corrected chi connectivity index (χ2v) is 9.91. The Kier molecular flexibility index (Phi) is 8.18. The third kappa shape index (κ3) is 6.65. The number of fused-ring (bicyclic) bond motifs is 2. The van der Waals surface area contributed by atoms with Crippen molar-refractivity contribution in [1.29, 1.82) is 0 Å². The van der Waals surface area contributed by atoms with E-state index < -0.39 is 12.2 Å². The van der Waals surface area contributed by atoms with Gasteiger partial charge in [0.05, 0.1) is 0 Å². The second-order valence-electron chi connectivity index (χ2n) is 9.91. The molecule has 0 saturated heterocycles. The number of aliphatic hydroxyl groups excluding tert-OH is 2. The van der Waals surface area contributed by atoms with E-state index in [1.165, 1.54) is 22.3 Å². The van der Waals surface area contributed by atoms with Gasteiger partial charge in [-0.3, -0.25) is 9.80 Å². The first kappa shape index (κ1) is 24.8. The zero-order valence-corrected chi connectivity index (χ0v) is 20.8. The SMILES string of the molecule is OC(COc1ccc(OCC(O)CN2CCc3ccccc3C2)cc1)CN1CCc2ccccc2C1. The summed E-state index contributed by atoms with van der Waals surface area (Å²) in [7, 11) is 0. The Balaban J connectivity index is 1.01. The van der Waals surface area contributed by atoms with Crippen LogP contribution < -0.4 is 9.47 Å². The van der Waals surface area contributed by atoms with E-state index in [0.29, 0.717) is 24.6 Å². The van der Waals surface area contributed by atoms with Crippen LogP contribution >= 0.6 is 0 Å². The Morgan fingerprint density at radius 2 is 0.972 bits per heavy atom. The van der Waals surface area contributed by atoms with E-state index >= 15 is 0 Å². The van der Waals surface area contributed by atoms with Crippen LogP contribution in [-0.4, -0.2) is 71.6 Å². The molecule has 0 bridgehead atoms. The van der Waals surface area contributed by atoms with Crippen LogP contribution in [0.25, 0.3) is 0 Å². The molecule has 0 fully saturated rings. The molecule has 0 aliphatic carbocycles. The molecule has 6 heteroatoms. The zero-order chi connectivity index (χ0) is 24.7. The van der Waals surface area contributed by atoms with Crippen molar-refractivity contribution >= 4 is 0 Å². The number of rotatable bonds is 10. The summed E-state index contributed by atoms with van der Waals surface area (Å²) < 4.78 is 11.6. The molecule has 2 heterocycles. The molecule has 5 rings (SSSR count). The Morgan fingerprint density at radius 1 is 0.583 bits per heavy atom. The second kappa shape index (κ2) is 11.9. The van der Waals surface area contributed by atoms with Crippen molar-refractivity contribution in [3.63, 3.8) is 0 Å². The first-order valence-electron chi connectivity index (χ1n) is 12.9. The summed E-state index contributed by atoms with van der Waals surface area (Å²) in [6, 6.07) is 24.4. The predicted molar refractivity (Wildman–Crippen MR) is 140 cm³/mol. The first-order chi connectivity index (χ1) is 17.6. The molecule has 3 aromatic rings. The van der Waals surface area contributed by atoms with Crippen LogP contribution in [0.15, 0.2) is 72.8 Å². The molecule has 3 aromatic carbocycles. The predicted octanol–water partition coefficient (Wildman–Crippen LogP) is 3.28. The lowest BCUT2D eigenvalue weighted by Crippen LogP contribution is -2.38. The summed E-state index contributed by atoms with van der Waals surface area (Å²) in [5, 5.41) is 21.0. The molecule has 2 aliphatic heterocycles. The highest BCUT2D eigenvalue weighted by Gasteiger charge is 2.20. The minimum Gasteiger partial charge on any atom is -0.491 e. The molecule has 2 atom stereocenters. The van der Waals surface area contributed by atoms with Gasteiger partial charge in [-0.25, -0.2) is 0 Å². The van der Waals surface area contributed by atoms with Gasteiger partial charge < -0.3 is 19.7 Å². The van der Waals surface area contributed by atoms with Gasteiger partial charge in [0.15, 0.2) is 0 Å². The average molecular weight is 489 g/mol. The molecule has 0 aromatic heterocycles. The van der Waals surface area contributed by atoms with E-state index in [0.717, 1.165) is 39.0 Å². The number of nitrogens with zero attached hydrogens (tertiary/aromatic N) is 2. The fourth-order valence-corrected chi connectivity index (χ4v) is 5.14. The third-order valence-electron chi connectivity index (χ3n) is 7.07. The largest absolute Gasteiger partial charge is 0.491 e. The lowest BCUT2D eigenvalue weighted by molar-refractivity contribution is 0.0625. The Labute approximate surface area is 213 Å². The van der Waals surface area contributed by atoms with E-state index in [-0.39, 0.29) is 13.2 Å².